The van der Waals surface area contributed by atoms with Gasteiger partial charge in [-0.3, -0.25) is 4.79 Å². The standard InChI is InChI=1S/C16H14FNO4/c1-10(22-13-5-2-11(17)3-6-13)16(19)18-12-4-7-14-15(8-12)21-9-20-14/h2-8,10H,9H2,1H3,(H,18,19)/t10-/m0/s1. The lowest BCUT2D eigenvalue weighted by molar-refractivity contribution is -0.122. The zero-order valence-corrected chi connectivity index (χ0v) is 11.8. The molecule has 6 heteroatoms. The van der Waals surface area contributed by atoms with Gasteiger partial charge >= 0.3 is 0 Å². The van der Waals surface area contributed by atoms with Crippen LogP contribution in [0.15, 0.2) is 42.5 Å². The largest absolute Gasteiger partial charge is 0.481 e. The number of carbonyl (C=O) groups excluding carboxylic acids is 1. The highest BCUT2D eigenvalue weighted by atomic mass is 19.1. The van der Waals surface area contributed by atoms with Gasteiger partial charge in [-0.05, 0) is 43.3 Å². The van der Waals surface area contributed by atoms with E-state index in [2.05, 4.69) is 5.32 Å². The van der Waals surface area contributed by atoms with E-state index in [9.17, 15) is 9.18 Å². The van der Waals surface area contributed by atoms with Crippen molar-refractivity contribution in [2.24, 2.45) is 0 Å². The third-order valence-electron chi connectivity index (χ3n) is 3.14. The Kier molecular flexibility index (Phi) is 3.82. The topological polar surface area (TPSA) is 56.8 Å². The Morgan fingerprint density at radius 2 is 1.91 bits per heavy atom. The molecule has 1 aliphatic heterocycles. The highest BCUT2D eigenvalue weighted by molar-refractivity contribution is 5.94. The minimum absolute atomic E-state index is 0.177. The number of hydrogen-bond acceptors (Lipinski definition) is 4. The van der Waals surface area contributed by atoms with Crippen LogP contribution in [0.3, 0.4) is 0 Å². The molecule has 0 radical (unpaired) electrons. The van der Waals surface area contributed by atoms with Gasteiger partial charge < -0.3 is 19.5 Å². The second kappa shape index (κ2) is 5.93. The van der Waals surface area contributed by atoms with E-state index in [-0.39, 0.29) is 18.5 Å². The Balaban J connectivity index is 1.62. The smallest absolute Gasteiger partial charge is 0.265 e. The van der Waals surface area contributed by atoms with Gasteiger partial charge in [0.1, 0.15) is 11.6 Å². The summed E-state index contributed by atoms with van der Waals surface area (Å²) in [5.41, 5.74) is 0.587. The first-order valence-corrected chi connectivity index (χ1v) is 6.74. The van der Waals surface area contributed by atoms with Gasteiger partial charge in [0.25, 0.3) is 5.91 Å². The summed E-state index contributed by atoms with van der Waals surface area (Å²) in [7, 11) is 0. The molecule has 1 aliphatic rings. The fourth-order valence-electron chi connectivity index (χ4n) is 1.99. The average molecular weight is 303 g/mol. The molecule has 2 aromatic rings. The second-order valence-electron chi connectivity index (χ2n) is 4.77. The molecule has 1 atom stereocenters. The van der Waals surface area contributed by atoms with Crippen LogP contribution < -0.4 is 19.5 Å². The zero-order chi connectivity index (χ0) is 15.5. The number of carbonyl (C=O) groups is 1. The number of benzene rings is 2. The molecule has 0 unspecified atom stereocenters. The van der Waals surface area contributed by atoms with Crippen LogP contribution >= 0.6 is 0 Å². The van der Waals surface area contributed by atoms with Crippen LogP contribution in [-0.2, 0) is 4.79 Å². The van der Waals surface area contributed by atoms with Gasteiger partial charge in [0.2, 0.25) is 6.79 Å². The molecule has 114 valence electrons. The van der Waals surface area contributed by atoms with Crippen molar-refractivity contribution < 1.29 is 23.4 Å². The highest BCUT2D eigenvalue weighted by Crippen LogP contribution is 2.34. The van der Waals surface area contributed by atoms with Crippen molar-refractivity contribution in [1.82, 2.24) is 0 Å². The third kappa shape index (κ3) is 3.11. The molecule has 1 heterocycles. The Hall–Kier alpha value is -2.76. The maximum atomic E-state index is 12.8. The SMILES string of the molecule is C[C@H](Oc1ccc(F)cc1)C(=O)Nc1ccc2c(c1)OCO2. The fourth-order valence-corrected chi connectivity index (χ4v) is 1.99. The minimum Gasteiger partial charge on any atom is -0.481 e. The summed E-state index contributed by atoms with van der Waals surface area (Å²) in [5, 5.41) is 2.73. The van der Waals surface area contributed by atoms with Gasteiger partial charge in [-0.15, -0.1) is 0 Å². The van der Waals surface area contributed by atoms with Gasteiger partial charge in [-0.25, -0.2) is 4.39 Å². The quantitative estimate of drug-likeness (QED) is 0.943. The molecule has 0 saturated carbocycles. The fraction of sp³-hybridized carbons (Fsp3) is 0.188. The molecule has 5 nitrogen and oxygen atoms in total. The van der Waals surface area contributed by atoms with Gasteiger partial charge in [0, 0.05) is 11.8 Å². The highest BCUT2D eigenvalue weighted by Gasteiger charge is 2.18. The van der Waals surface area contributed by atoms with Crippen molar-refractivity contribution >= 4 is 11.6 Å². The van der Waals surface area contributed by atoms with Crippen LogP contribution in [0.25, 0.3) is 0 Å². The number of fused-ring (bicyclic) bond motifs is 1. The summed E-state index contributed by atoms with van der Waals surface area (Å²) in [4.78, 5) is 12.1. The lowest BCUT2D eigenvalue weighted by atomic mass is 10.2. The van der Waals surface area contributed by atoms with Gasteiger partial charge in [0.05, 0.1) is 0 Å². The van der Waals surface area contributed by atoms with E-state index in [0.717, 1.165) is 0 Å². The van der Waals surface area contributed by atoms with Crippen molar-refractivity contribution in [3.63, 3.8) is 0 Å². The summed E-state index contributed by atoms with van der Waals surface area (Å²) in [6.45, 7) is 1.79. The molecule has 22 heavy (non-hydrogen) atoms. The third-order valence-corrected chi connectivity index (χ3v) is 3.14. The van der Waals surface area contributed by atoms with E-state index in [4.69, 9.17) is 14.2 Å². The first-order chi connectivity index (χ1) is 10.6. The molecule has 0 fully saturated rings. The minimum atomic E-state index is -0.726. The van der Waals surface area contributed by atoms with E-state index in [1.807, 2.05) is 0 Å². The molecular weight excluding hydrogens is 289 g/mol. The Morgan fingerprint density at radius 1 is 1.18 bits per heavy atom. The van der Waals surface area contributed by atoms with Crippen molar-refractivity contribution in [3.8, 4) is 17.2 Å². The number of hydrogen-bond donors (Lipinski definition) is 1. The molecule has 0 aromatic heterocycles. The van der Waals surface area contributed by atoms with E-state index >= 15 is 0 Å². The van der Waals surface area contributed by atoms with E-state index in [1.165, 1.54) is 24.3 Å². The number of rotatable bonds is 4. The first kappa shape index (κ1) is 14.2. The van der Waals surface area contributed by atoms with E-state index < -0.39 is 6.10 Å². The predicted octanol–water partition coefficient (Wildman–Crippen LogP) is 2.96. The molecule has 2 aromatic carbocycles. The maximum absolute atomic E-state index is 12.8. The van der Waals surface area contributed by atoms with Gasteiger partial charge in [-0.2, -0.15) is 0 Å². The molecule has 0 spiro atoms. The molecular formula is C16H14FNO4. The molecule has 3 rings (SSSR count). The van der Waals surface area contributed by atoms with Crippen molar-refractivity contribution in [1.29, 1.82) is 0 Å². The van der Waals surface area contributed by atoms with Crippen LogP contribution in [0.2, 0.25) is 0 Å². The second-order valence-corrected chi connectivity index (χ2v) is 4.77. The van der Waals surface area contributed by atoms with Crippen LogP contribution in [0, 0.1) is 5.82 Å². The average Bonchev–Trinajstić information content (AvgIpc) is 2.97. The molecule has 0 bridgehead atoms. The predicted molar refractivity (Wildman–Crippen MR) is 77.7 cm³/mol. The lowest BCUT2D eigenvalue weighted by Crippen LogP contribution is -2.30. The first-order valence-electron chi connectivity index (χ1n) is 6.74. The summed E-state index contributed by atoms with van der Waals surface area (Å²) in [6, 6.07) is 10.6. The van der Waals surface area contributed by atoms with Crippen molar-refractivity contribution in [3.05, 3.63) is 48.3 Å². The van der Waals surface area contributed by atoms with Crippen LogP contribution in [0.4, 0.5) is 10.1 Å². The van der Waals surface area contributed by atoms with Crippen LogP contribution in [-0.4, -0.2) is 18.8 Å². The number of nitrogens with one attached hydrogen (secondary N) is 1. The van der Waals surface area contributed by atoms with Gasteiger partial charge in [-0.1, -0.05) is 0 Å². The molecule has 0 saturated heterocycles. The van der Waals surface area contributed by atoms with Gasteiger partial charge in [0.15, 0.2) is 17.6 Å². The summed E-state index contributed by atoms with van der Waals surface area (Å²) >= 11 is 0. The Morgan fingerprint density at radius 3 is 2.68 bits per heavy atom. The number of halogens is 1. The summed E-state index contributed by atoms with van der Waals surface area (Å²) < 4.78 is 28.7. The van der Waals surface area contributed by atoms with E-state index in [1.54, 1.807) is 25.1 Å². The monoisotopic (exact) mass is 303 g/mol. The molecule has 1 amide bonds. The van der Waals surface area contributed by atoms with E-state index in [0.29, 0.717) is 22.9 Å². The van der Waals surface area contributed by atoms with Crippen molar-refractivity contribution in [2.45, 2.75) is 13.0 Å². The summed E-state index contributed by atoms with van der Waals surface area (Å²) in [6.07, 6.45) is -0.726. The molecule has 1 N–H and O–H groups in total. The Labute approximate surface area is 126 Å². The number of ether oxygens (including phenoxy) is 3. The Bertz CT molecular complexity index is 687. The number of anilines is 1. The maximum Gasteiger partial charge on any atom is 0.265 e. The lowest BCUT2D eigenvalue weighted by Gasteiger charge is -2.15. The molecule has 0 aliphatic carbocycles. The van der Waals surface area contributed by atoms with Crippen LogP contribution in [0.1, 0.15) is 6.92 Å². The number of amides is 1. The zero-order valence-electron chi connectivity index (χ0n) is 11.8. The normalized spacial score (nSPS) is 13.5. The summed E-state index contributed by atoms with van der Waals surface area (Å²) in [5.74, 6) is 0.987. The van der Waals surface area contributed by atoms with Crippen molar-refractivity contribution in [2.75, 3.05) is 12.1 Å². The van der Waals surface area contributed by atoms with Crippen LogP contribution in [0.5, 0.6) is 17.2 Å².